The number of fused-ring (bicyclic) bond motifs is 11. The average molecular weight is 613 g/mol. The quantitative estimate of drug-likeness (QED) is 0.193. The maximum absolute atomic E-state index is 15.2. The van der Waals surface area contributed by atoms with Gasteiger partial charge in [0.05, 0.1) is 0 Å². The molecule has 0 saturated heterocycles. The zero-order valence-electron chi connectivity index (χ0n) is 26.0. The molecule has 1 nitrogen and oxygen atoms in total. The molecule has 4 aliphatic carbocycles. The van der Waals surface area contributed by atoms with Crippen LogP contribution in [0.3, 0.4) is 0 Å². The molecule has 3 atom stereocenters. The van der Waals surface area contributed by atoms with E-state index in [0.29, 0.717) is 5.75 Å². The van der Waals surface area contributed by atoms with Crippen molar-refractivity contribution < 1.29 is 13.5 Å². The number of benzene rings is 5. The lowest BCUT2D eigenvalue weighted by Gasteiger charge is -2.44. The van der Waals surface area contributed by atoms with Gasteiger partial charge < -0.3 is 4.74 Å². The Kier molecular flexibility index (Phi) is 5.24. The SMILES string of the molecule is CC1(C)c2cc(F)ccc2-c2c1c1c(c3cc(F)ccc23)OC(C2=CC=C3c4ccccc4C4=CC=CC2C43)(c2ccccc2)C=C1. The van der Waals surface area contributed by atoms with Gasteiger partial charge in [0.1, 0.15) is 17.4 Å². The van der Waals surface area contributed by atoms with E-state index in [1.807, 2.05) is 18.2 Å². The first-order chi connectivity index (χ1) is 22.9. The topological polar surface area (TPSA) is 9.23 Å². The minimum absolute atomic E-state index is 0.0647. The van der Waals surface area contributed by atoms with E-state index >= 15 is 4.39 Å². The molecular formula is C44H30F2O. The van der Waals surface area contributed by atoms with Crippen molar-refractivity contribution in [3.63, 3.8) is 0 Å². The predicted octanol–water partition coefficient (Wildman–Crippen LogP) is 10.9. The predicted molar refractivity (Wildman–Crippen MR) is 186 cm³/mol. The number of hydrogen-bond donors (Lipinski definition) is 0. The number of rotatable bonds is 2. The molecule has 0 radical (unpaired) electrons. The standard InChI is InChI=1S/C44H30F2O/c1-43(2)38-24-27(46)16-18-34(38)40-32-17-15-26(45)23-36(32)42-35(41(40)43)21-22-44(47-42,25-9-4-3-5-10-25)37-20-19-31-29-12-7-6-11-28(29)30-13-8-14-33(37)39(30)31/h3-24,33,39H,1-2H3. The Bertz CT molecular complexity index is 2390. The van der Waals surface area contributed by atoms with E-state index < -0.39 is 11.0 Å². The minimum atomic E-state index is -0.947. The summed E-state index contributed by atoms with van der Waals surface area (Å²) in [7, 11) is 0. The van der Waals surface area contributed by atoms with Crippen LogP contribution in [-0.2, 0) is 11.0 Å². The average Bonchev–Trinajstić information content (AvgIpc) is 3.54. The second-order valence-corrected chi connectivity index (χ2v) is 13.8. The molecule has 47 heavy (non-hydrogen) atoms. The molecule has 0 bridgehead atoms. The van der Waals surface area contributed by atoms with Crippen molar-refractivity contribution in [2.24, 2.45) is 11.8 Å². The molecule has 1 aliphatic heterocycles. The van der Waals surface area contributed by atoms with Crippen LogP contribution in [0.4, 0.5) is 8.78 Å². The molecule has 5 aliphatic rings. The first kappa shape index (κ1) is 26.9. The highest BCUT2D eigenvalue weighted by Crippen LogP contribution is 2.61. The van der Waals surface area contributed by atoms with Gasteiger partial charge in [0.25, 0.3) is 0 Å². The van der Waals surface area contributed by atoms with Gasteiger partial charge in [-0.05, 0) is 85.8 Å². The molecule has 0 fully saturated rings. The van der Waals surface area contributed by atoms with Crippen molar-refractivity contribution in [3.05, 3.63) is 178 Å². The molecule has 0 spiro atoms. The van der Waals surface area contributed by atoms with Crippen LogP contribution in [0.1, 0.15) is 47.2 Å². The second-order valence-electron chi connectivity index (χ2n) is 13.8. The fraction of sp³-hybridized carbons (Fsp3) is 0.136. The Morgan fingerprint density at radius 1 is 0.702 bits per heavy atom. The van der Waals surface area contributed by atoms with Crippen molar-refractivity contribution in [3.8, 4) is 16.9 Å². The van der Waals surface area contributed by atoms with Gasteiger partial charge >= 0.3 is 0 Å². The maximum atomic E-state index is 15.2. The first-order valence-corrected chi connectivity index (χ1v) is 16.3. The Hall–Kier alpha value is -5.28. The van der Waals surface area contributed by atoms with E-state index in [-0.39, 0.29) is 23.5 Å². The van der Waals surface area contributed by atoms with Gasteiger partial charge in [0.15, 0.2) is 5.60 Å². The third-order valence-electron chi connectivity index (χ3n) is 11.2. The molecule has 3 heteroatoms. The van der Waals surface area contributed by atoms with Gasteiger partial charge in [-0.25, -0.2) is 8.78 Å². The summed E-state index contributed by atoms with van der Waals surface area (Å²) in [5, 5.41) is 1.63. The largest absolute Gasteiger partial charge is 0.473 e. The normalized spacial score (nSPS) is 23.5. The van der Waals surface area contributed by atoms with Gasteiger partial charge in [0.2, 0.25) is 0 Å². The summed E-state index contributed by atoms with van der Waals surface area (Å²) in [6.07, 6.45) is 15.7. The summed E-state index contributed by atoms with van der Waals surface area (Å²) in [6, 6.07) is 29.1. The Morgan fingerprint density at radius 3 is 2.23 bits per heavy atom. The molecular weight excluding hydrogens is 582 g/mol. The Balaban J connectivity index is 1.25. The number of ether oxygens (including phenoxy) is 1. The van der Waals surface area contributed by atoms with Gasteiger partial charge in [-0.3, -0.25) is 0 Å². The van der Waals surface area contributed by atoms with Crippen molar-refractivity contribution in [2.45, 2.75) is 24.9 Å². The number of hydrogen-bond acceptors (Lipinski definition) is 1. The molecule has 1 heterocycles. The van der Waals surface area contributed by atoms with Crippen LogP contribution in [0.2, 0.25) is 0 Å². The summed E-state index contributed by atoms with van der Waals surface area (Å²) >= 11 is 0. The summed E-state index contributed by atoms with van der Waals surface area (Å²) in [6.45, 7) is 4.29. The number of halogens is 2. The summed E-state index contributed by atoms with van der Waals surface area (Å²) in [5.74, 6) is 0.331. The summed E-state index contributed by atoms with van der Waals surface area (Å²) in [5.41, 5.74) is 10.9. The molecule has 3 unspecified atom stereocenters. The summed E-state index contributed by atoms with van der Waals surface area (Å²) in [4.78, 5) is 0. The van der Waals surface area contributed by atoms with Crippen molar-refractivity contribution in [2.75, 3.05) is 0 Å². The summed E-state index contributed by atoms with van der Waals surface area (Å²) < 4.78 is 37.4. The third-order valence-corrected chi connectivity index (χ3v) is 11.2. The second kappa shape index (κ2) is 9.17. The van der Waals surface area contributed by atoms with Crippen LogP contribution in [0.5, 0.6) is 5.75 Å². The zero-order valence-corrected chi connectivity index (χ0v) is 26.0. The Morgan fingerprint density at radius 2 is 1.43 bits per heavy atom. The lowest BCUT2D eigenvalue weighted by Crippen LogP contribution is -2.40. The van der Waals surface area contributed by atoms with Gasteiger partial charge in [-0.1, -0.05) is 117 Å². The van der Waals surface area contributed by atoms with E-state index in [1.54, 1.807) is 12.1 Å². The number of allylic oxidation sites excluding steroid dienone is 7. The van der Waals surface area contributed by atoms with Gasteiger partial charge in [0, 0.05) is 33.8 Å². The molecule has 0 saturated carbocycles. The van der Waals surface area contributed by atoms with E-state index in [9.17, 15) is 4.39 Å². The fourth-order valence-corrected chi connectivity index (χ4v) is 9.19. The monoisotopic (exact) mass is 612 g/mol. The smallest absolute Gasteiger partial charge is 0.175 e. The molecule has 0 aromatic heterocycles. The van der Waals surface area contributed by atoms with E-state index in [0.717, 1.165) is 49.7 Å². The first-order valence-electron chi connectivity index (χ1n) is 16.3. The maximum Gasteiger partial charge on any atom is 0.175 e. The molecule has 5 aromatic rings. The lowest BCUT2D eigenvalue weighted by atomic mass is 9.66. The minimum Gasteiger partial charge on any atom is -0.473 e. The van der Waals surface area contributed by atoms with Crippen molar-refractivity contribution in [1.29, 1.82) is 0 Å². The third kappa shape index (κ3) is 3.41. The van der Waals surface area contributed by atoms with Crippen LogP contribution in [-0.4, -0.2) is 0 Å². The van der Waals surface area contributed by atoms with E-state index in [4.69, 9.17) is 4.74 Å². The van der Waals surface area contributed by atoms with E-state index in [2.05, 4.69) is 105 Å². The van der Waals surface area contributed by atoms with Crippen LogP contribution < -0.4 is 4.74 Å². The zero-order chi connectivity index (χ0) is 31.7. The highest BCUT2D eigenvalue weighted by molar-refractivity contribution is 6.08. The lowest BCUT2D eigenvalue weighted by molar-refractivity contribution is 0.146. The molecule has 0 N–H and O–H groups in total. The van der Waals surface area contributed by atoms with Crippen LogP contribution in [0.25, 0.3) is 39.1 Å². The van der Waals surface area contributed by atoms with Crippen molar-refractivity contribution in [1.82, 2.24) is 0 Å². The van der Waals surface area contributed by atoms with Crippen LogP contribution in [0, 0.1) is 23.5 Å². The molecule has 5 aromatic carbocycles. The van der Waals surface area contributed by atoms with Crippen LogP contribution >= 0.6 is 0 Å². The van der Waals surface area contributed by atoms with Crippen molar-refractivity contribution >= 4 is 28.0 Å². The molecule has 226 valence electrons. The highest BCUT2D eigenvalue weighted by atomic mass is 19.1. The van der Waals surface area contributed by atoms with Gasteiger partial charge in [-0.2, -0.15) is 0 Å². The Labute approximate surface area is 272 Å². The molecule has 0 amide bonds. The van der Waals surface area contributed by atoms with E-state index in [1.165, 1.54) is 34.4 Å². The molecule has 10 rings (SSSR count). The highest BCUT2D eigenvalue weighted by Gasteiger charge is 2.50. The fourth-order valence-electron chi connectivity index (χ4n) is 9.19. The van der Waals surface area contributed by atoms with Crippen LogP contribution in [0.15, 0.2) is 133 Å². The van der Waals surface area contributed by atoms with Gasteiger partial charge in [-0.15, -0.1) is 0 Å².